The Morgan fingerprint density at radius 3 is 2.94 bits per heavy atom. The van der Waals surface area contributed by atoms with Gasteiger partial charge >= 0.3 is 0 Å². The molecule has 0 radical (unpaired) electrons. The summed E-state index contributed by atoms with van der Waals surface area (Å²) >= 11 is 1.62. The highest BCUT2D eigenvalue weighted by Crippen LogP contribution is 2.18. The molecule has 0 bridgehead atoms. The molecule has 0 amide bonds. The lowest BCUT2D eigenvalue weighted by atomic mass is 10.0. The van der Waals surface area contributed by atoms with Gasteiger partial charge in [-0.05, 0) is 19.9 Å². The minimum absolute atomic E-state index is 0.444. The normalized spacial score (nSPS) is 14.4. The quantitative estimate of drug-likeness (QED) is 0.755. The van der Waals surface area contributed by atoms with Crippen LogP contribution in [0.25, 0.3) is 0 Å². The van der Waals surface area contributed by atoms with E-state index in [2.05, 4.69) is 21.5 Å². The molecule has 1 N–H and O–H groups in total. The highest BCUT2D eigenvalue weighted by Gasteiger charge is 2.21. The van der Waals surface area contributed by atoms with Crippen molar-refractivity contribution in [2.24, 2.45) is 7.05 Å². The molecule has 1 rings (SSSR count). The van der Waals surface area contributed by atoms with Gasteiger partial charge in [0.15, 0.2) is 5.16 Å². The molecule has 1 aromatic heterocycles. The lowest BCUT2D eigenvalue weighted by Gasteiger charge is -2.21. The van der Waals surface area contributed by atoms with Gasteiger partial charge in [-0.3, -0.25) is 5.32 Å². The van der Waals surface area contributed by atoms with Crippen molar-refractivity contribution in [3.05, 3.63) is 6.33 Å². The van der Waals surface area contributed by atoms with Crippen LogP contribution in [-0.2, 0) is 7.05 Å². The third kappa shape index (κ3) is 3.51. The van der Waals surface area contributed by atoms with Gasteiger partial charge in [-0.2, -0.15) is 10.4 Å². The largest absolute Gasteiger partial charge is 0.300 e. The van der Waals surface area contributed by atoms with E-state index < -0.39 is 5.54 Å². The van der Waals surface area contributed by atoms with Crippen LogP contribution < -0.4 is 5.32 Å². The second-order valence-corrected chi connectivity index (χ2v) is 4.80. The molecule has 0 saturated carbocycles. The molecule has 16 heavy (non-hydrogen) atoms. The summed E-state index contributed by atoms with van der Waals surface area (Å²) in [6, 6.07) is 2.31. The fraction of sp³-hybridized carbons (Fsp3) is 0.700. The topological polar surface area (TPSA) is 66.5 Å². The Kier molecular flexibility index (Phi) is 4.77. The van der Waals surface area contributed by atoms with E-state index in [0.717, 1.165) is 23.9 Å². The number of nitrogens with one attached hydrogen (secondary N) is 1. The van der Waals surface area contributed by atoms with Crippen molar-refractivity contribution >= 4 is 11.8 Å². The molecule has 6 heteroatoms. The smallest absolute Gasteiger partial charge is 0.185 e. The maximum absolute atomic E-state index is 9.07. The van der Waals surface area contributed by atoms with Crippen LogP contribution in [0.5, 0.6) is 0 Å². The zero-order valence-electron chi connectivity index (χ0n) is 9.90. The fourth-order valence-electron chi connectivity index (χ4n) is 1.34. The van der Waals surface area contributed by atoms with Crippen molar-refractivity contribution in [1.29, 1.82) is 5.26 Å². The Morgan fingerprint density at radius 2 is 2.44 bits per heavy atom. The van der Waals surface area contributed by atoms with Crippen LogP contribution in [0.3, 0.4) is 0 Å². The first kappa shape index (κ1) is 13.0. The zero-order valence-corrected chi connectivity index (χ0v) is 10.7. The van der Waals surface area contributed by atoms with Gasteiger partial charge in [-0.1, -0.05) is 18.7 Å². The van der Waals surface area contributed by atoms with Gasteiger partial charge in [0.05, 0.1) is 6.07 Å². The monoisotopic (exact) mass is 239 g/mol. The first-order chi connectivity index (χ1) is 7.61. The SMILES string of the molecule is CCNC(C)(C#N)CCSc1ncnn1C. The van der Waals surface area contributed by atoms with E-state index in [-0.39, 0.29) is 0 Å². The Labute approximate surface area is 100 Å². The Bertz CT molecular complexity index is 370. The summed E-state index contributed by atoms with van der Waals surface area (Å²) in [6.07, 6.45) is 2.32. The molecule has 0 aromatic carbocycles. The standard InChI is InChI=1S/C10H17N5S/c1-4-13-10(2,7-11)5-6-16-9-12-8-14-15(9)3/h8,13H,4-6H2,1-3H3. The third-order valence-corrected chi connectivity index (χ3v) is 3.35. The lowest BCUT2D eigenvalue weighted by Crippen LogP contribution is -2.41. The molecule has 0 aliphatic rings. The van der Waals surface area contributed by atoms with Crippen molar-refractivity contribution in [2.45, 2.75) is 31.0 Å². The van der Waals surface area contributed by atoms with Crippen LogP contribution >= 0.6 is 11.8 Å². The van der Waals surface area contributed by atoms with Gasteiger partial charge in [0.25, 0.3) is 0 Å². The maximum Gasteiger partial charge on any atom is 0.185 e. The minimum Gasteiger partial charge on any atom is -0.300 e. The lowest BCUT2D eigenvalue weighted by molar-refractivity contribution is 0.450. The third-order valence-electron chi connectivity index (χ3n) is 2.32. The predicted octanol–water partition coefficient (Wildman–Crippen LogP) is 1.19. The van der Waals surface area contributed by atoms with Crippen LogP contribution in [0.15, 0.2) is 11.5 Å². The summed E-state index contributed by atoms with van der Waals surface area (Å²) in [6.45, 7) is 4.73. The van der Waals surface area contributed by atoms with Crippen molar-refractivity contribution in [3.8, 4) is 6.07 Å². The highest BCUT2D eigenvalue weighted by molar-refractivity contribution is 7.99. The van der Waals surface area contributed by atoms with Crippen molar-refractivity contribution in [3.63, 3.8) is 0 Å². The van der Waals surface area contributed by atoms with E-state index in [1.54, 1.807) is 16.4 Å². The summed E-state index contributed by atoms with van der Waals surface area (Å²) in [5.74, 6) is 0.851. The Hall–Kier alpha value is -1.06. The zero-order chi connectivity index (χ0) is 12.0. The Balaban J connectivity index is 2.40. The number of aromatic nitrogens is 3. The molecule has 0 spiro atoms. The number of hydrogen-bond acceptors (Lipinski definition) is 5. The van der Waals surface area contributed by atoms with Gasteiger partial charge in [0, 0.05) is 12.8 Å². The average molecular weight is 239 g/mol. The van der Waals surface area contributed by atoms with Crippen molar-refractivity contribution in [1.82, 2.24) is 20.1 Å². The summed E-state index contributed by atoms with van der Waals surface area (Å²) in [5, 5.41) is 17.1. The van der Waals surface area contributed by atoms with Crippen molar-refractivity contribution < 1.29 is 0 Å². The average Bonchev–Trinajstić information content (AvgIpc) is 2.65. The molecule has 1 heterocycles. The van der Waals surface area contributed by atoms with Gasteiger partial charge in [-0.15, -0.1) is 0 Å². The van der Waals surface area contributed by atoms with E-state index in [1.165, 1.54) is 6.33 Å². The van der Waals surface area contributed by atoms with Gasteiger partial charge < -0.3 is 0 Å². The van der Waals surface area contributed by atoms with Crippen LogP contribution in [0.1, 0.15) is 20.3 Å². The predicted molar refractivity (Wildman–Crippen MR) is 64.0 cm³/mol. The number of aryl methyl sites for hydroxylation is 1. The molecule has 1 atom stereocenters. The number of thioether (sulfide) groups is 1. The minimum atomic E-state index is -0.444. The first-order valence-electron chi connectivity index (χ1n) is 5.24. The molecule has 0 saturated heterocycles. The van der Waals surface area contributed by atoms with Crippen molar-refractivity contribution in [2.75, 3.05) is 12.3 Å². The summed E-state index contributed by atoms with van der Waals surface area (Å²) < 4.78 is 1.74. The van der Waals surface area contributed by atoms with Crippen LogP contribution in [-0.4, -0.2) is 32.6 Å². The van der Waals surface area contributed by atoms with Crippen LogP contribution in [0.2, 0.25) is 0 Å². The molecule has 1 aromatic rings. The van der Waals surface area contributed by atoms with Gasteiger partial charge in [-0.25, -0.2) is 9.67 Å². The second-order valence-electron chi connectivity index (χ2n) is 3.74. The fourth-order valence-corrected chi connectivity index (χ4v) is 2.39. The summed E-state index contributed by atoms with van der Waals surface area (Å²) in [4.78, 5) is 4.12. The van der Waals surface area contributed by atoms with Gasteiger partial charge in [0.2, 0.25) is 0 Å². The molecular formula is C10H17N5S. The number of rotatable bonds is 6. The van der Waals surface area contributed by atoms with E-state index >= 15 is 0 Å². The number of nitrogens with zero attached hydrogens (tertiary/aromatic N) is 4. The first-order valence-corrected chi connectivity index (χ1v) is 6.23. The van der Waals surface area contributed by atoms with Crippen LogP contribution in [0.4, 0.5) is 0 Å². The summed E-state index contributed by atoms with van der Waals surface area (Å²) in [5.41, 5.74) is -0.444. The Morgan fingerprint density at radius 1 is 1.69 bits per heavy atom. The molecule has 88 valence electrons. The van der Waals surface area contributed by atoms with Gasteiger partial charge in [0.1, 0.15) is 11.9 Å². The molecular weight excluding hydrogens is 222 g/mol. The van der Waals surface area contributed by atoms with E-state index in [1.807, 2.05) is 20.9 Å². The molecule has 0 aliphatic carbocycles. The van der Waals surface area contributed by atoms with E-state index in [0.29, 0.717) is 0 Å². The van der Waals surface area contributed by atoms with E-state index in [9.17, 15) is 0 Å². The van der Waals surface area contributed by atoms with Crippen LogP contribution in [0, 0.1) is 11.3 Å². The van der Waals surface area contributed by atoms with E-state index in [4.69, 9.17) is 5.26 Å². The second kappa shape index (κ2) is 5.87. The molecule has 0 fully saturated rings. The molecule has 5 nitrogen and oxygen atoms in total. The summed E-state index contributed by atoms with van der Waals surface area (Å²) in [7, 11) is 1.86. The maximum atomic E-state index is 9.07. The molecule has 1 unspecified atom stereocenters. The number of nitriles is 1. The number of hydrogen-bond donors (Lipinski definition) is 1. The highest BCUT2D eigenvalue weighted by atomic mass is 32.2. The molecule has 0 aliphatic heterocycles.